The van der Waals surface area contributed by atoms with E-state index in [2.05, 4.69) is 0 Å². The van der Waals surface area contributed by atoms with E-state index >= 15 is 0 Å². The maximum atomic E-state index is 10.8. The second-order valence-corrected chi connectivity index (χ2v) is 5.16. The van der Waals surface area contributed by atoms with Gasteiger partial charge in [-0.15, -0.1) is 0 Å². The molecule has 0 unspecified atom stereocenters. The molecule has 0 amide bonds. The van der Waals surface area contributed by atoms with E-state index in [4.69, 9.17) is 5.11 Å². The Morgan fingerprint density at radius 2 is 2.25 bits per heavy atom. The predicted octanol–water partition coefficient (Wildman–Crippen LogP) is 2.55. The van der Waals surface area contributed by atoms with E-state index in [1.54, 1.807) is 6.07 Å². The maximum absolute atomic E-state index is 10.8. The molecule has 0 aliphatic heterocycles. The van der Waals surface area contributed by atoms with Gasteiger partial charge in [0.1, 0.15) is 0 Å². The lowest BCUT2D eigenvalue weighted by molar-refractivity contribution is -0.380. The third kappa shape index (κ3) is 1.80. The van der Waals surface area contributed by atoms with Crippen LogP contribution in [-0.2, 0) is 10.2 Å². The molecule has 0 saturated heterocycles. The van der Waals surface area contributed by atoms with Crippen molar-refractivity contribution in [3.63, 3.8) is 0 Å². The van der Waals surface area contributed by atoms with Gasteiger partial charge in [-0.2, -0.15) is 0 Å². The van der Waals surface area contributed by atoms with Crippen molar-refractivity contribution in [2.24, 2.45) is 0 Å². The second kappa shape index (κ2) is 3.86. The van der Waals surface area contributed by atoms with Crippen molar-refractivity contribution in [3.8, 4) is 0 Å². The van der Waals surface area contributed by atoms with Gasteiger partial charge in [0.05, 0.1) is 11.3 Å². The zero-order chi connectivity index (χ0) is 11.8. The summed E-state index contributed by atoms with van der Waals surface area (Å²) in [5.41, 5.74) is -0.343. The second-order valence-electron chi connectivity index (χ2n) is 4.10. The molecule has 1 saturated carbocycles. The smallest absolute Gasteiger partial charge is 0.324 e. The van der Waals surface area contributed by atoms with E-state index < -0.39 is 10.9 Å². The molecule has 5 nitrogen and oxygen atoms in total. The standard InChI is InChI=1S/C10H11NO4S/c12-9(13)6-10(4-1-5-10)7-2-3-8(16-7)11(14)15/h2-3H,1,4-6H2,(H,12,13). The Morgan fingerprint density at radius 1 is 1.56 bits per heavy atom. The van der Waals surface area contributed by atoms with Gasteiger partial charge in [0.2, 0.25) is 0 Å². The van der Waals surface area contributed by atoms with Gasteiger partial charge in [0, 0.05) is 16.4 Å². The Balaban J connectivity index is 2.26. The largest absolute Gasteiger partial charge is 0.481 e. The third-order valence-electron chi connectivity index (χ3n) is 3.09. The molecule has 6 heteroatoms. The van der Waals surface area contributed by atoms with E-state index in [0.717, 1.165) is 35.5 Å². The minimum Gasteiger partial charge on any atom is -0.481 e. The summed E-state index contributed by atoms with van der Waals surface area (Å²) in [5.74, 6) is -0.837. The Hall–Kier alpha value is -1.43. The molecule has 1 fully saturated rings. The molecular weight excluding hydrogens is 230 g/mol. The number of nitrogens with zero attached hydrogens (tertiary/aromatic N) is 1. The predicted molar refractivity (Wildman–Crippen MR) is 58.8 cm³/mol. The molecule has 1 heterocycles. The zero-order valence-electron chi connectivity index (χ0n) is 8.51. The maximum Gasteiger partial charge on any atom is 0.324 e. The van der Waals surface area contributed by atoms with Crippen molar-refractivity contribution in [1.82, 2.24) is 0 Å². The van der Waals surface area contributed by atoms with Crippen molar-refractivity contribution in [3.05, 3.63) is 27.1 Å². The summed E-state index contributed by atoms with van der Waals surface area (Å²) in [6.45, 7) is 0. The fraction of sp³-hybridized carbons (Fsp3) is 0.500. The van der Waals surface area contributed by atoms with Crippen LogP contribution in [0.1, 0.15) is 30.6 Å². The summed E-state index contributed by atoms with van der Waals surface area (Å²) in [4.78, 5) is 21.8. The normalized spacial score (nSPS) is 17.8. The SMILES string of the molecule is O=C(O)CC1(c2ccc([N+](=O)[O-])s2)CCC1. The highest BCUT2D eigenvalue weighted by Gasteiger charge is 2.42. The summed E-state index contributed by atoms with van der Waals surface area (Å²) in [7, 11) is 0. The monoisotopic (exact) mass is 241 g/mol. The van der Waals surface area contributed by atoms with Crippen molar-refractivity contribution >= 4 is 22.3 Å². The van der Waals surface area contributed by atoms with Crippen LogP contribution >= 0.6 is 11.3 Å². The molecule has 1 aliphatic rings. The first-order valence-electron chi connectivity index (χ1n) is 5.00. The number of thiophene rings is 1. The average molecular weight is 241 g/mol. The van der Waals surface area contributed by atoms with Crippen molar-refractivity contribution in [1.29, 1.82) is 0 Å². The van der Waals surface area contributed by atoms with Gasteiger partial charge < -0.3 is 5.11 Å². The number of nitro groups is 1. The topological polar surface area (TPSA) is 80.4 Å². The van der Waals surface area contributed by atoms with Crippen LogP contribution in [0.15, 0.2) is 12.1 Å². The molecule has 0 bridgehead atoms. The third-order valence-corrected chi connectivity index (χ3v) is 4.38. The van der Waals surface area contributed by atoms with Gasteiger partial charge in [0.15, 0.2) is 0 Å². The van der Waals surface area contributed by atoms with Gasteiger partial charge in [0.25, 0.3) is 0 Å². The quantitative estimate of drug-likeness (QED) is 0.648. The summed E-state index contributed by atoms with van der Waals surface area (Å²) >= 11 is 1.10. The van der Waals surface area contributed by atoms with Gasteiger partial charge in [-0.05, 0) is 18.9 Å². The number of carboxylic acid groups (broad SMARTS) is 1. The van der Waals surface area contributed by atoms with Crippen molar-refractivity contribution < 1.29 is 14.8 Å². The molecular formula is C10H11NO4S. The Morgan fingerprint density at radius 3 is 2.62 bits per heavy atom. The highest BCUT2D eigenvalue weighted by atomic mass is 32.1. The van der Waals surface area contributed by atoms with Crippen LogP contribution in [0.2, 0.25) is 0 Å². The van der Waals surface area contributed by atoms with Crippen LogP contribution in [0.4, 0.5) is 5.00 Å². The van der Waals surface area contributed by atoms with Gasteiger partial charge in [-0.3, -0.25) is 14.9 Å². The summed E-state index contributed by atoms with van der Waals surface area (Å²) in [6.07, 6.45) is 2.71. The van der Waals surface area contributed by atoms with Crippen LogP contribution in [0.3, 0.4) is 0 Å². The summed E-state index contributed by atoms with van der Waals surface area (Å²) in [5, 5.41) is 19.5. The van der Waals surface area contributed by atoms with Crippen LogP contribution in [0.5, 0.6) is 0 Å². The Bertz CT molecular complexity index is 436. The molecule has 86 valence electrons. The highest BCUT2D eigenvalue weighted by molar-refractivity contribution is 7.15. The average Bonchev–Trinajstić information content (AvgIpc) is 2.59. The van der Waals surface area contributed by atoms with E-state index in [-0.39, 0.29) is 16.8 Å². The number of hydrogen-bond acceptors (Lipinski definition) is 4. The lowest BCUT2D eigenvalue weighted by atomic mass is 9.66. The van der Waals surface area contributed by atoms with Crippen molar-refractivity contribution in [2.75, 3.05) is 0 Å². The van der Waals surface area contributed by atoms with Crippen LogP contribution in [0, 0.1) is 10.1 Å². The minimum absolute atomic E-state index is 0.0741. The molecule has 1 aromatic heterocycles. The lowest BCUT2D eigenvalue weighted by Crippen LogP contribution is -2.35. The first-order chi connectivity index (χ1) is 7.53. The number of carboxylic acids is 1. The van der Waals surface area contributed by atoms with Crippen LogP contribution < -0.4 is 0 Å². The minimum atomic E-state index is -0.837. The number of hydrogen-bond donors (Lipinski definition) is 1. The zero-order valence-corrected chi connectivity index (χ0v) is 9.33. The van der Waals surface area contributed by atoms with Crippen LogP contribution in [-0.4, -0.2) is 16.0 Å². The molecule has 1 aromatic rings. The van der Waals surface area contributed by atoms with Crippen molar-refractivity contribution in [2.45, 2.75) is 31.1 Å². The van der Waals surface area contributed by atoms with Gasteiger partial charge in [-0.1, -0.05) is 17.8 Å². The lowest BCUT2D eigenvalue weighted by Gasteiger charge is -2.39. The molecule has 1 N–H and O–H groups in total. The van der Waals surface area contributed by atoms with E-state index in [0.29, 0.717) is 0 Å². The van der Waals surface area contributed by atoms with E-state index in [1.807, 2.05) is 0 Å². The summed E-state index contributed by atoms with van der Waals surface area (Å²) < 4.78 is 0. The van der Waals surface area contributed by atoms with Crippen LogP contribution in [0.25, 0.3) is 0 Å². The molecule has 0 spiro atoms. The Labute approximate surface area is 95.9 Å². The van der Waals surface area contributed by atoms with Gasteiger partial charge >= 0.3 is 11.0 Å². The number of rotatable bonds is 4. The van der Waals surface area contributed by atoms with Gasteiger partial charge in [-0.25, -0.2) is 0 Å². The molecule has 16 heavy (non-hydrogen) atoms. The fourth-order valence-electron chi connectivity index (χ4n) is 2.11. The number of carbonyl (C=O) groups is 1. The molecule has 0 atom stereocenters. The summed E-state index contributed by atoms with van der Waals surface area (Å²) in [6, 6.07) is 3.16. The number of aliphatic carboxylic acids is 1. The molecule has 1 aliphatic carbocycles. The first-order valence-corrected chi connectivity index (χ1v) is 5.82. The molecule has 2 rings (SSSR count). The first kappa shape index (κ1) is 11.1. The Kier molecular flexibility index (Phi) is 2.67. The highest BCUT2D eigenvalue weighted by Crippen LogP contribution is 2.49. The molecule has 0 radical (unpaired) electrons. The van der Waals surface area contributed by atoms with E-state index in [1.165, 1.54) is 6.07 Å². The molecule has 0 aromatic carbocycles. The van der Waals surface area contributed by atoms with E-state index in [9.17, 15) is 14.9 Å². The fourth-order valence-corrected chi connectivity index (χ4v) is 3.18.